The Morgan fingerprint density at radius 1 is 1.21 bits per heavy atom. The third-order valence-corrected chi connectivity index (χ3v) is 4.44. The zero-order chi connectivity index (χ0) is 21.5. The first kappa shape index (κ1) is 24.2. The number of carboxylic acid groups (broad SMARTS) is 1. The SMILES string of the molecule is N=C(N)NCCC[C@H](NC(=O)OCc1ccccc1)C(=O)O.NC1CCCCC1. The van der Waals surface area contributed by atoms with Gasteiger partial charge in [0.05, 0.1) is 0 Å². The van der Waals surface area contributed by atoms with Gasteiger partial charge < -0.3 is 31.9 Å². The molecule has 1 atom stereocenters. The van der Waals surface area contributed by atoms with Gasteiger partial charge in [-0.15, -0.1) is 0 Å². The van der Waals surface area contributed by atoms with Gasteiger partial charge in [-0.3, -0.25) is 5.41 Å². The molecule has 1 aliphatic rings. The second-order valence-corrected chi connectivity index (χ2v) is 6.98. The summed E-state index contributed by atoms with van der Waals surface area (Å²) >= 11 is 0. The fraction of sp³-hybridized carbons (Fsp3) is 0.550. The maximum Gasteiger partial charge on any atom is 0.408 e. The highest BCUT2D eigenvalue weighted by molar-refractivity contribution is 5.79. The third kappa shape index (κ3) is 12.3. The Morgan fingerprint density at radius 2 is 1.86 bits per heavy atom. The van der Waals surface area contributed by atoms with Gasteiger partial charge in [0, 0.05) is 12.6 Å². The van der Waals surface area contributed by atoms with Crippen LogP contribution in [0.1, 0.15) is 50.5 Å². The number of nitrogens with two attached hydrogens (primary N) is 2. The normalized spacial score (nSPS) is 14.7. The van der Waals surface area contributed by atoms with Gasteiger partial charge in [0.1, 0.15) is 12.6 Å². The van der Waals surface area contributed by atoms with Crippen molar-refractivity contribution in [3.05, 3.63) is 35.9 Å². The van der Waals surface area contributed by atoms with E-state index in [-0.39, 0.29) is 19.0 Å². The Balaban J connectivity index is 0.000000502. The lowest BCUT2D eigenvalue weighted by atomic mass is 9.97. The lowest BCUT2D eigenvalue weighted by Crippen LogP contribution is -2.41. The van der Waals surface area contributed by atoms with E-state index in [1.165, 1.54) is 32.1 Å². The van der Waals surface area contributed by atoms with Gasteiger partial charge in [-0.2, -0.15) is 0 Å². The van der Waals surface area contributed by atoms with Crippen LogP contribution >= 0.6 is 0 Å². The Bertz CT molecular complexity index is 621. The second-order valence-electron chi connectivity index (χ2n) is 6.98. The van der Waals surface area contributed by atoms with Crippen LogP contribution in [-0.4, -0.2) is 41.8 Å². The molecule has 0 spiro atoms. The molecular formula is C20H33N5O4. The van der Waals surface area contributed by atoms with Gasteiger partial charge in [-0.05, 0) is 31.2 Å². The highest BCUT2D eigenvalue weighted by Gasteiger charge is 2.20. The van der Waals surface area contributed by atoms with Crippen molar-refractivity contribution in [2.45, 2.75) is 63.6 Å². The maximum atomic E-state index is 11.6. The number of alkyl carbamates (subject to hydrolysis) is 1. The van der Waals surface area contributed by atoms with E-state index < -0.39 is 18.1 Å². The number of amides is 1. The molecule has 2 rings (SSSR count). The van der Waals surface area contributed by atoms with E-state index in [0.29, 0.717) is 19.0 Å². The summed E-state index contributed by atoms with van der Waals surface area (Å²) in [5, 5.41) is 20.9. The standard InChI is InChI=1S/C14H20N4O4.C6H13N/c15-13(16)17-8-4-7-11(12(19)20)18-14(21)22-9-10-5-2-1-3-6-10;7-6-4-2-1-3-5-6/h1-3,5-6,11H,4,7-9H2,(H,18,21)(H,19,20)(H4,15,16,17);6H,1-5,7H2/t11-;/m0./s1. The van der Waals surface area contributed by atoms with Crippen molar-refractivity contribution in [3.63, 3.8) is 0 Å². The van der Waals surface area contributed by atoms with Crippen LogP contribution in [0.4, 0.5) is 4.79 Å². The Hall–Kier alpha value is -2.81. The molecule has 0 bridgehead atoms. The summed E-state index contributed by atoms with van der Waals surface area (Å²) in [6.45, 7) is 0.435. The molecule has 9 nitrogen and oxygen atoms in total. The van der Waals surface area contributed by atoms with Crippen LogP contribution in [0.5, 0.6) is 0 Å². The molecule has 29 heavy (non-hydrogen) atoms. The molecule has 1 aromatic rings. The quantitative estimate of drug-likeness (QED) is 0.218. The van der Waals surface area contributed by atoms with Gasteiger partial charge in [-0.1, -0.05) is 49.6 Å². The van der Waals surface area contributed by atoms with E-state index >= 15 is 0 Å². The van der Waals surface area contributed by atoms with Crippen LogP contribution < -0.4 is 22.1 Å². The number of nitrogens with one attached hydrogen (secondary N) is 3. The number of benzene rings is 1. The van der Waals surface area contributed by atoms with Crippen LogP contribution in [0.2, 0.25) is 0 Å². The summed E-state index contributed by atoms with van der Waals surface area (Å²) < 4.78 is 4.97. The number of carboxylic acids is 1. The van der Waals surface area contributed by atoms with E-state index in [9.17, 15) is 9.59 Å². The van der Waals surface area contributed by atoms with Crippen molar-refractivity contribution in [2.75, 3.05) is 6.54 Å². The average Bonchev–Trinajstić information content (AvgIpc) is 2.70. The number of carbonyl (C=O) groups is 2. The minimum absolute atomic E-state index is 0.0743. The monoisotopic (exact) mass is 407 g/mol. The number of ether oxygens (including phenoxy) is 1. The van der Waals surface area contributed by atoms with Crippen molar-refractivity contribution in [1.82, 2.24) is 10.6 Å². The minimum atomic E-state index is -1.14. The first-order chi connectivity index (χ1) is 13.9. The summed E-state index contributed by atoms with van der Waals surface area (Å²) in [6.07, 6.45) is 6.53. The molecule has 1 aliphatic carbocycles. The van der Waals surface area contributed by atoms with E-state index in [0.717, 1.165) is 5.56 Å². The smallest absolute Gasteiger partial charge is 0.408 e. The third-order valence-electron chi connectivity index (χ3n) is 4.44. The van der Waals surface area contributed by atoms with Gasteiger partial charge in [-0.25, -0.2) is 9.59 Å². The van der Waals surface area contributed by atoms with Gasteiger partial charge >= 0.3 is 12.1 Å². The number of hydrogen-bond donors (Lipinski definition) is 6. The minimum Gasteiger partial charge on any atom is -0.480 e. The Kier molecular flexibility index (Phi) is 11.9. The van der Waals surface area contributed by atoms with E-state index in [4.69, 9.17) is 26.7 Å². The van der Waals surface area contributed by atoms with Crippen molar-refractivity contribution < 1.29 is 19.4 Å². The van der Waals surface area contributed by atoms with Gasteiger partial charge in [0.25, 0.3) is 0 Å². The number of guanidine groups is 1. The number of carbonyl (C=O) groups excluding carboxylic acids is 1. The van der Waals surface area contributed by atoms with E-state index in [2.05, 4.69) is 10.6 Å². The molecule has 1 amide bonds. The maximum absolute atomic E-state index is 11.6. The molecule has 9 heteroatoms. The fourth-order valence-electron chi connectivity index (χ4n) is 2.83. The predicted molar refractivity (Wildman–Crippen MR) is 111 cm³/mol. The van der Waals surface area contributed by atoms with Crippen molar-refractivity contribution >= 4 is 18.0 Å². The largest absolute Gasteiger partial charge is 0.480 e. The highest BCUT2D eigenvalue weighted by atomic mass is 16.5. The fourth-order valence-corrected chi connectivity index (χ4v) is 2.83. The second kappa shape index (κ2) is 14.2. The number of aliphatic carboxylic acids is 1. The lowest BCUT2D eigenvalue weighted by molar-refractivity contribution is -0.139. The molecule has 1 saturated carbocycles. The summed E-state index contributed by atoms with van der Waals surface area (Å²) in [5.74, 6) is -1.32. The predicted octanol–water partition coefficient (Wildman–Crippen LogP) is 1.91. The number of hydrogen-bond acceptors (Lipinski definition) is 5. The molecule has 0 saturated heterocycles. The molecule has 1 fully saturated rings. The van der Waals surface area contributed by atoms with Gasteiger partial charge in [0.15, 0.2) is 5.96 Å². The van der Waals surface area contributed by atoms with E-state index in [1.54, 1.807) is 12.1 Å². The van der Waals surface area contributed by atoms with Crippen LogP contribution in [0, 0.1) is 5.41 Å². The van der Waals surface area contributed by atoms with Crippen molar-refractivity contribution in [1.29, 1.82) is 5.41 Å². The number of rotatable bonds is 8. The Labute approximate surface area is 171 Å². The molecule has 1 aromatic carbocycles. The summed E-state index contributed by atoms with van der Waals surface area (Å²) in [4.78, 5) is 22.7. The van der Waals surface area contributed by atoms with Gasteiger partial charge in [0.2, 0.25) is 0 Å². The van der Waals surface area contributed by atoms with E-state index in [1.807, 2.05) is 18.2 Å². The molecular weight excluding hydrogens is 374 g/mol. The summed E-state index contributed by atoms with van der Waals surface area (Å²) in [5.41, 5.74) is 11.6. The molecule has 0 heterocycles. The van der Waals surface area contributed by atoms with Crippen LogP contribution in [-0.2, 0) is 16.1 Å². The summed E-state index contributed by atoms with van der Waals surface area (Å²) in [6, 6.07) is 8.58. The van der Waals surface area contributed by atoms with Crippen molar-refractivity contribution in [3.8, 4) is 0 Å². The first-order valence-electron chi connectivity index (χ1n) is 9.92. The average molecular weight is 408 g/mol. The van der Waals surface area contributed by atoms with Crippen LogP contribution in [0.3, 0.4) is 0 Å². The highest BCUT2D eigenvalue weighted by Crippen LogP contribution is 2.14. The lowest BCUT2D eigenvalue weighted by Gasteiger charge is -2.15. The molecule has 0 radical (unpaired) electrons. The molecule has 0 unspecified atom stereocenters. The first-order valence-corrected chi connectivity index (χ1v) is 9.92. The van der Waals surface area contributed by atoms with Crippen LogP contribution in [0.25, 0.3) is 0 Å². The summed E-state index contributed by atoms with van der Waals surface area (Å²) in [7, 11) is 0. The zero-order valence-corrected chi connectivity index (χ0v) is 16.7. The topological polar surface area (TPSA) is 164 Å². The molecule has 162 valence electrons. The Morgan fingerprint density at radius 3 is 2.38 bits per heavy atom. The van der Waals surface area contributed by atoms with Crippen LogP contribution in [0.15, 0.2) is 30.3 Å². The molecule has 8 N–H and O–H groups in total. The zero-order valence-electron chi connectivity index (χ0n) is 16.7. The molecule has 0 aromatic heterocycles. The van der Waals surface area contributed by atoms with Crippen molar-refractivity contribution in [2.24, 2.45) is 11.5 Å². The molecule has 0 aliphatic heterocycles.